The van der Waals surface area contributed by atoms with Crippen molar-refractivity contribution in [1.29, 1.82) is 0 Å². The van der Waals surface area contributed by atoms with Gasteiger partial charge >= 0.3 is 5.97 Å². The van der Waals surface area contributed by atoms with Gasteiger partial charge in [-0.3, -0.25) is 0 Å². The molecule has 0 amide bonds. The van der Waals surface area contributed by atoms with Crippen LogP contribution in [0.15, 0.2) is 54.6 Å². The normalized spacial score (nSPS) is 12.9. The molecule has 0 fully saturated rings. The molecule has 3 nitrogen and oxygen atoms in total. The molecule has 0 aliphatic rings. The van der Waals surface area contributed by atoms with E-state index in [2.05, 4.69) is 0 Å². The van der Waals surface area contributed by atoms with Crippen LogP contribution in [0.25, 0.3) is 11.1 Å². The number of carboxylic acids is 1. The van der Waals surface area contributed by atoms with E-state index in [4.69, 9.17) is 5.11 Å². The van der Waals surface area contributed by atoms with Crippen LogP contribution in [0, 0.1) is 0 Å². The highest BCUT2D eigenvalue weighted by Gasteiger charge is 2.34. The Labute approximate surface area is 118 Å². The first-order valence-corrected chi connectivity index (χ1v) is 6.50. The van der Waals surface area contributed by atoms with Crippen LogP contribution in [0.5, 0.6) is 0 Å². The molecular weight excluding hydrogens is 252 g/mol. The number of aliphatic carboxylic acids is 1. The fraction of sp³-hybridized carbons (Fsp3) is 0.235. The molecule has 2 aromatic rings. The summed E-state index contributed by atoms with van der Waals surface area (Å²) in [6.45, 7) is 3.45. The van der Waals surface area contributed by atoms with E-state index in [9.17, 15) is 9.90 Å². The third kappa shape index (κ3) is 2.73. The van der Waals surface area contributed by atoms with Gasteiger partial charge in [0.2, 0.25) is 0 Å². The van der Waals surface area contributed by atoms with Crippen LogP contribution in [0.3, 0.4) is 0 Å². The van der Waals surface area contributed by atoms with Crippen LogP contribution in [-0.4, -0.2) is 22.3 Å². The Balaban J connectivity index is 2.31. The molecule has 0 bridgehead atoms. The predicted octanol–water partition coefficient (Wildman–Crippen LogP) is 3.08. The Hall–Kier alpha value is -2.13. The first-order chi connectivity index (χ1) is 9.43. The highest BCUT2D eigenvalue weighted by Crippen LogP contribution is 2.29. The Morgan fingerprint density at radius 2 is 1.45 bits per heavy atom. The molecule has 0 radical (unpaired) electrons. The van der Waals surface area contributed by atoms with Crippen LogP contribution >= 0.6 is 0 Å². The summed E-state index contributed by atoms with van der Waals surface area (Å²) in [6.07, 6.45) is -1.43. The average Bonchev–Trinajstić information content (AvgIpc) is 2.47. The lowest BCUT2D eigenvalue weighted by molar-refractivity contribution is -0.150. The van der Waals surface area contributed by atoms with Gasteiger partial charge in [-0.1, -0.05) is 68.4 Å². The maximum Gasteiger partial charge on any atom is 0.333 e. The largest absolute Gasteiger partial charge is 0.479 e. The number of carboxylic acid groups (broad SMARTS) is 1. The molecule has 0 aliphatic carbocycles. The maximum absolute atomic E-state index is 11.0. The molecule has 0 spiro atoms. The van der Waals surface area contributed by atoms with Gasteiger partial charge in [-0.15, -0.1) is 0 Å². The molecule has 1 atom stereocenters. The van der Waals surface area contributed by atoms with Gasteiger partial charge in [0.15, 0.2) is 6.10 Å². The van der Waals surface area contributed by atoms with Gasteiger partial charge in [0.25, 0.3) is 0 Å². The van der Waals surface area contributed by atoms with Gasteiger partial charge < -0.3 is 10.2 Å². The number of hydrogen-bond acceptors (Lipinski definition) is 2. The van der Waals surface area contributed by atoms with Crippen molar-refractivity contribution in [3.8, 4) is 11.1 Å². The van der Waals surface area contributed by atoms with Crippen molar-refractivity contribution in [3.63, 3.8) is 0 Å². The van der Waals surface area contributed by atoms with Crippen molar-refractivity contribution >= 4 is 5.97 Å². The fourth-order valence-corrected chi connectivity index (χ4v) is 2.19. The predicted molar refractivity (Wildman–Crippen MR) is 78.5 cm³/mol. The summed E-state index contributed by atoms with van der Waals surface area (Å²) in [5.41, 5.74) is 2.14. The van der Waals surface area contributed by atoms with E-state index >= 15 is 0 Å². The van der Waals surface area contributed by atoms with Crippen LogP contribution in [0.2, 0.25) is 0 Å². The summed E-state index contributed by atoms with van der Waals surface area (Å²) >= 11 is 0. The van der Waals surface area contributed by atoms with E-state index in [1.165, 1.54) is 0 Å². The first kappa shape index (κ1) is 14.3. The minimum Gasteiger partial charge on any atom is -0.479 e. The van der Waals surface area contributed by atoms with E-state index < -0.39 is 17.5 Å². The van der Waals surface area contributed by atoms with Crippen LogP contribution < -0.4 is 0 Å². The van der Waals surface area contributed by atoms with Crippen molar-refractivity contribution in [2.45, 2.75) is 25.4 Å². The summed E-state index contributed by atoms with van der Waals surface area (Å²) in [4.78, 5) is 11.0. The SMILES string of the molecule is CC(C)(c1ccc(-c2ccccc2)cc1)C(O)C(=O)O. The smallest absolute Gasteiger partial charge is 0.333 e. The number of rotatable bonds is 4. The zero-order valence-electron chi connectivity index (χ0n) is 11.6. The number of aliphatic hydroxyl groups excluding tert-OH is 1. The van der Waals surface area contributed by atoms with Gasteiger partial charge in [0, 0.05) is 5.41 Å². The van der Waals surface area contributed by atoms with Crippen LogP contribution in [0.1, 0.15) is 19.4 Å². The lowest BCUT2D eigenvalue weighted by Crippen LogP contribution is -2.39. The van der Waals surface area contributed by atoms with E-state index in [-0.39, 0.29) is 0 Å². The van der Waals surface area contributed by atoms with Crippen LogP contribution in [-0.2, 0) is 10.2 Å². The highest BCUT2D eigenvalue weighted by atomic mass is 16.4. The van der Waals surface area contributed by atoms with Crippen molar-refractivity contribution in [1.82, 2.24) is 0 Å². The number of aliphatic hydroxyl groups is 1. The Morgan fingerprint density at radius 3 is 1.95 bits per heavy atom. The van der Waals surface area contributed by atoms with Gasteiger partial charge in [0.05, 0.1) is 0 Å². The molecule has 104 valence electrons. The number of hydrogen-bond donors (Lipinski definition) is 2. The minimum absolute atomic E-state index is 0.798. The molecule has 2 rings (SSSR count). The summed E-state index contributed by atoms with van der Waals surface area (Å²) in [5.74, 6) is -1.21. The molecule has 3 heteroatoms. The zero-order valence-corrected chi connectivity index (χ0v) is 11.6. The summed E-state index contributed by atoms with van der Waals surface area (Å²) in [6, 6.07) is 17.6. The van der Waals surface area contributed by atoms with E-state index in [0.717, 1.165) is 16.7 Å². The second kappa shape index (κ2) is 5.47. The summed E-state index contributed by atoms with van der Waals surface area (Å²) in [7, 11) is 0. The standard InChI is InChI=1S/C17H18O3/c1-17(2,15(18)16(19)20)14-10-8-13(9-11-14)12-6-4-3-5-7-12/h3-11,15,18H,1-2H3,(H,19,20). The third-order valence-corrected chi connectivity index (χ3v) is 3.65. The molecule has 0 aliphatic heterocycles. The van der Waals surface area contributed by atoms with Gasteiger partial charge in [-0.2, -0.15) is 0 Å². The summed E-state index contributed by atoms with van der Waals surface area (Å²) in [5, 5.41) is 18.8. The Morgan fingerprint density at radius 1 is 0.950 bits per heavy atom. The molecule has 0 heterocycles. The number of benzene rings is 2. The van der Waals surface area contributed by atoms with Crippen molar-refractivity contribution in [2.24, 2.45) is 0 Å². The molecule has 20 heavy (non-hydrogen) atoms. The van der Waals surface area contributed by atoms with E-state index in [1.807, 2.05) is 54.6 Å². The third-order valence-electron chi connectivity index (χ3n) is 3.65. The van der Waals surface area contributed by atoms with Gasteiger partial charge in [-0.25, -0.2) is 4.79 Å². The van der Waals surface area contributed by atoms with E-state index in [1.54, 1.807) is 13.8 Å². The molecular formula is C17H18O3. The van der Waals surface area contributed by atoms with Gasteiger partial charge in [-0.05, 0) is 16.7 Å². The Bertz CT molecular complexity index is 585. The quantitative estimate of drug-likeness (QED) is 0.897. The zero-order chi connectivity index (χ0) is 14.8. The first-order valence-electron chi connectivity index (χ1n) is 6.50. The van der Waals surface area contributed by atoms with E-state index in [0.29, 0.717) is 0 Å². The molecule has 0 aromatic heterocycles. The molecule has 2 N–H and O–H groups in total. The van der Waals surface area contributed by atoms with Gasteiger partial charge in [0.1, 0.15) is 0 Å². The maximum atomic E-state index is 11.0. The van der Waals surface area contributed by atoms with Crippen molar-refractivity contribution in [2.75, 3.05) is 0 Å². The highest BCUT2D eigenvalue weighted by molar-refractivity contribution is 5.74. The average molecular weight is 270 g/mol. The van der Waals surface area contributed by atoms with Crippen LogP contribution in [0.4, 0.5) is 0 Å². The second-order valence-corrected chi connectivity index (χ2v) is 5.41. The Kier molecular flexibility index (Phi) is 3.91. The summed E-state index contributed by atoms with van der Waals surface area (Å²) < 4.78 is 0. The lowest BCUT2D eigenvalue weighted by atomic mass is 9.79. The topological polar surface area (TPSA) is 57.5 Å². The monoisotopic (exact) mass is 270 g/mol. The fourth-order valence-electron chi connectivity index (χ4n) is 2.19. The number of carbonyl (C=O) groups is 1. The molecule has 0 saturated carbocycles. The van der Waals surface area contributed by atoms with Crippen molar-refractivity contribution < 1.29 is 15.0 Å². The molecule has 2 aromatic carbocycles. The van der Waals surface area contributed by atoms with Crippen molar-refractivity contribution in [3.05, 3.63) is 60.2 Å². The lowest BCUT2D eigenvalue weighted by Gasteiger charge is -2.28. The molecule has 1 unspecified atom stereocenters. The molecule has 0 saturated heterocycles. The minimum atomic E-state index is -1.43. The second-order valence-electron chi connectivity index (χ2n) is 5.41.